The Morgan fingerprint density at radius 2 is 1.73 bits per heavy atom. The van der Waals surface area contributed by atoms with E-state index in [4.69, 9.17) is 6.26 Å². The zero-order valence-electron chi connectivity index (χ0n) is 8.22. The van der Waals surface area contributed by atoms with Gasteiger partial charge in [-0.15, -0.1) is 10.3 Å². The molecule has 0 aliphatic rings. The lowest BCUT2D eigenvalue weighted by molar-refractivity contribution is 0.572. The average Bonchev–Trinajstić information content (AvgIpc) is 1.56. The second-order valence-corrected chi connectivity index (χ2v) is 7.49. The van der Waals surface area contributed by atoms with Gasteiger partial charge in [0.1, 0.15) is 0 Å². The van der Waals surface area contributed by atoms with Gasteiger partial charge in [0.15, 0.2) is 0 Å². The SMILES string of the molecule is [CH]S(O)(CC(C)C)C(C)(C)C. The minimum Gasteiger partial charge on any atom is -0.351 e. The Kier molecular flexibility index (Phi) is 3.45. The van der Waals surface area contributed by atoms with Crippen molar-refractivity contribution in [2.75, 3.05) is 5.75 Å². The van der Waals surface area contributed by atoms with E-state index in [0.717, 1.165) is 5.75 Å². The molecule has 2 heteroatoms. The lowest BCUT2D eigenvalue weighted by Gasteiger charge is -2.43. The van der Waals surface area contributed by atoms with Crippen LogP contribution in [0.5, 0.6) is 0 Å². The highest BCUT2D eigenvalue weighted by atomic mass is 32.3. The van der Waals surface area contributed by atoms with E-state index in [1.165, 1.54) is 0 Å². The van der Waals surface area contributed by atoms with Crippen molar-refractivity contribution in [3.8, 4) is 0 Å². The van der Waals surface area contributed by atoms with Gasteiger partial charge in [-0.25, -0.2) is 0 Å². The van der Waals surface area contributed by atoms with Crippen molar-refractivity contribution in [1.82, 2.24) is 0 Å². The van der Waals surface area contributed by atoms with Crippen molar-refractivity contribution in [2.45, 2.75) is 39.4 Å². The second kappa shape index (κ2) is 3.36. The molecule has 0 spiro atoms. The summed E-state index contributed by atoms with van der Waals surface area (Å²) in [4.78, 5) is 0. The summed E-state index contributed by atoms with van der Waals surface area (Å²) in [5.74, 6) is 1.20. The van der Waals surface area contributed by atoms with Crippen LogP contribution in [0.1, 0.15) is 34.6 Å². The second-order valence-electron chi connectivity index (χ2n) is 4.43. The van der Waals surface area contributed by atoms with Crippen molar-refractivity contribution >= 4 is 10.3 Å². The maximum Gasteiger partial charge on any atom is 0.0378 e. The summed E-state index contributed by atoms with van der Waals surface area (Å²) < 4.78 is 9.73. The molecule has 1 atom stereocenters. The molecule has 0 saturated heterocycles. The highest BCUT2D eigenvalue weighted by Crippen LogP contribution is 2.55. The van der Waals surface area contributed by atoms with Crippen molar-refractivity contribution < 1.29 is 4.55 Å². The van der Waals surface area contributed by atoms with E-state index < -0.39 is 10.3 Å². The fourth-order valence-corrected chi connectivity index (χ4v) is 2.27. The average molecular weight is 176 g/mol. The number of hydrogen-bond donors (Lipinski definition) is 1. The first-order valence-electron chi connectivity index (χ1n) is 3.97. The largest absolute Gasteiger partial charge is 0.351 e. The zero-order valence-corrected chi connectivity index (χ0v) is 9.03. The van der Waals surface area contributed by atoms with E-state index in [2.05, 4.69) is 13.8 Å². The third-order valence-corrected chi connectivity index (χ3v) is 4.94. The Balaban J connectivity index is 4.22. The monoisotopic (exact) mass is 176 g/mol. The highest BCUT2D eigenvalue weighted by molar-refractivity contribution is 8.31. The fraction of sp³-hybridized carbons (Fsp3) is 0.889. The van der Waals surface area contributed by atoms with Crippen LogP contribution in [0.3, 0.4) is 0 Å². The van der Waals surface area contributed by atoms with E-state index in [0.29, 0.717) is 5.92 Å². The van der Waals surface area contributed by atoms with Gasteiger partial charge in [-0.2, -0.15) is 0 Å². The molecule has 68 valence electrons. The molecule has 0 rings (SSSR count). The van der Waals surface area contributed by atoms with Gasteiger partial charge < -0.3 is 4.55 Å². The summed E-state index contributed by atoms with van der Waals surface area (Å²) in [7, 11) is -1.90. The minimum absolute atomic E-state index is 0.155. The smallest absolute Gasteiger partial charge is 0.0378 e. The molecule has 2 radical (unpaired) electrons. The number of rotatable bonds is 2. The van der Waals surface area contributed by atoms with Crippen LogP contribution in [0, 0.1) is 12.2 Å². The molecule has 0 bridgehead atoms. The van der Waals surface area contributed by atoms with Crippen LogP contribution in [0.2, 0.25) is 0 Å². The van der Waals surface area contributed by atoms with E-state index in [9.17, 15) is 4.55 Å². The van der Waals surface area contributed by atoms with Gasteiger partial charge in [0.2, 0.25) is 0 Å². The summed E-state index contributed by atoms with van der Waals surface area (Å²) in [6.07, 6.45) is 5.83. The van der Waals surface area contributed by atoms with Crippen LogP contribution in [0.25, 0.3) is 0 Å². The zero-order chi connectivity index (χ0) is 9.28. The van der Waals surface area contributed by atoms with Gasteiger partial charge in [0, 0.05) is 16.8 Å². The molecule has 1 nitrogen and oxygen atoms in total. The van der Waals surface area contributed by atoms with Crippen molar-refractivity contribution in [1.29, 1.82) is 0 Å². The summed E-state index contributed by atoms with van der Waals surface area (Å²) in [6, 6.07) is 0. The Bertz CT molecular complexity index is 122. The molecule has 0 amide bonds. The van der Waals surface area contributed by atoms with Crippen molar-refractivity contribution in [2.24, 2.45) is 5.92 Å². The number of hydrogen-bond acceptors (Lipinski definition) is 1. The van der Waals surface area contributed by atoms with Crippen LogP contribution in [0.4, 0.5) is 0 Å². The summed E-state index contributed by atoms with van der Waals surface area (Å²) in [6.45, 7) is 10.1. The first-order chi connectivity index (χ1) is 4.67. The maximum absolute atomic E-state index is 9.88. The van der Waals surface area contributed by atoms with Gasteiger partial charge in [-0.1, -0.05) is 34.6 Å². The molecule has 0 fully saturated rings. The van der Waals surface area contributed by atoms with Gasteiger partial charge in [0.05, 0.1) is 0 Å². The first-order valence-corrected chi connectivity index (χ1v) is 5.80. The lowest BCUT2D eigenvalue weighted by atomic mass is 10.2. The van der Waals surface area contributed by atoms with Gasteiger partial charge >= 0.3 is 0 Å². The van der Waals surface area contributed by atoms with Crippen molar-refractivity contribution in [3.05, 3.63) is 6.26 Å². The standard InChI is InChI=1S/C9H20OS/c1-8(2)7-11(6,10)9(3,4)5/h6,8,10H,7H2,1-5H3. The van der Waals surface area contributed by atoms with Gasteiger partial charge in [-0.05, 0) is 5.92 Å². The quantitative estimate of drug-likeness (QED) is 0.684. The molecule has 1 N–H and O–H groups in total. The predicted molar refractivity (Wildman–Crippen MR) is 54.0 cm³/mol. The third kappa shape index (κ3) is 3.48. The Morgan fingerprint density at radius 1 is 1.36 bits per heavy atom. The molecule has 0 heterocycles. The molecular weight excluding hydrogens is 156 g/mol. The topological polar surface area (TPSA) is 20.2 Å². The Morgan fingerprint density at radius 3 is 1.82 bits per heavy atom. The Hall–Kier alpha value is 0.310. The van der Waals surface area contributed by atoms with E-state index in [1.54, 1.807) is 0 Å². The molecule has 0 aliphatic carbocycles. The van der Waals surface area contributed by atoms with E-state index >= 15 is 0 Å². The molecule has 11 heavy (non-hydrogen) atoms. The van der Waals surface area contributed by atoms with Crippen LogP contribution < -0.4 is 0 Å². The molecule has 0 saturated carbocycles. The van der Waals surface area contributed by atoms with E-state index in [-0.39, 0.29) is 4.75 Å². The lowest BCUT2D eigenvalue weighted by Crippen LogP contribution is -2.26. The van der Waals surface area contributed by atoms with Crippen LogP contribution in [-0.4, -0.2) is 15.1 Å². The highest BCUT2D eigenvalue weighted by Gasteiger charge is 2.30. The minimum atomic E-state index is -1.90. The van der Waals surface area contributed by atoms with Crippen molar-refractivity contribution in [3.63, 3.8) is 0 Å². The third-order valence-electron chi connectivity index (χ3n) is 1.65. The molecule has 0 aromatic carbocycles. The van der Waals surface area contributed by atoms with Crippen LogP contribution in [-0.2, 0) is 0 Å². The summed E-state index contributed by atoms with van der Waals surface area (Å²) >= 11 is 0. The maximum atomic E-state index is 9.88. The normalized spacial score (nSPS) is 21.5. The molecule has 0 aromatic heterocycles. The van der Waals surface area contributed by atoms with Gasteiger partial charge in [0.25, 0.3) is 0 Å². The molecule has 0 aromatic rings. The van der Waals surface area contributed by atoms with Crippen LogP contribution in [0.15, 0.2) is 0 Å². The predicted octanol–water partition coefficient (Wildman–Crippen LogP) is 3.39. The van der Waals surface area contributed by atoms with Gasteiger partial charge in [-0.3, -0.25) is 0 Å². The molecular formula is C9H20OS. The van der Waals surface area contributed by atoms with Crippen LogP contribution >= 0.6 is 10.3 Å². The summed E-state index contributed by atoms with van der Waals surface area (Å²) in [5, 5.41) is 0. The Labute approximate surface area is 72.7 Å². The molecule has 1 unspecified atom stereocenters. The van der Waals surface area contributed by atoms with E-state index in [1.807, 2.05) is 20.8 Å². The fourth-order valence-electron chi connectivity index (χ4n) is 0.758. The summed E-state index contributed by atoms with van der Waals surface area (Å²) in [5.41, 5.74) is 0. The first kappa shape index (κ1) is 11.3. The molecule has 0 aliphatic heterocycles.